The minimum atomic E-state index is -0.897. The highest BCUT2D eigenvalue weighted by molar-refractivity contribution is 5.92. The van der Waals surface area contributed by atoms with Crippen molar-refractivity contribution in [1.82, 2.24) is 0 Å². The van der Waals surface area contributed by atoms with Gasteiger partial charge in [-0.2, -0.15) is 0 Å². The summed E-state index contributed by atoms with van der Waals surface area (Å²) < 4.78 is 10.8. The fourth-order valence-electron chi connectivity index (χ4n) is 6.99. The maximum absolute atomic E-state index is 13.5. The first kappa shape index (κ1) is 22.0. The quantitative estimate of drug-likeness (QED) is 0.488. The van der Waals surface area contributed by atoms with Crippen LogP contribution in [0.25, 0.3) is 0 Å². The van der Waals surface area contributed by atoms with Crippen LogP contribution in [0.15, 0.2) is 11.1 Å². The fourth-order valence-corrected chi connectivity index (χ4v) is 6.99. The average Bonchev–Trinajstić information content (AvgIpc) is 3.12. The summed E-state index contributed by atoms with van der Waals surface area (Å²) in [6.45, 7) is 17.1. The lowest BCUT2D eigenvalue weighted by Gasteiger charge is -2.55. The molecule has 0 spiro atoms. The van der Waals surface area contributed by atoms with Crippen LogP contribution in [0.1, 0.15) is 61.8 Å². The molecule has 27 heavy (non-hydrogen) atoms. The summed E-state index contributed by atoms with van der Waals surface area (Å²) in [5.74, 6) is 0.122. The lowest BCUT2D eigenvalue weighted by Crippen LogP contribution is -2.62. The molecular formula is C23H38O4. The summed E-state index contributed by atoms with van der Waals surface area (Å²) in [5.41, 5.74) is 0.945. The first-order valence-electron chi connectivity index (χ1n) is 10.4. The van der Waals surface area contributed by atoms with E-state index in [0.717, 1.165) is 6.42 Å². The van der Waals surface area contributed by atoms with E-state index in [9.17, 15) is 9.59 Å². The van der Waals surface area contributed by atoms with E-state index >= 15 is 0 Å². The third-order valence-electron chi connectivity index (χ3n) is 7.45. The zero-order valence-corrected chi connectivity index (χ0v) is 18.8. The van der Waals surface area contributed by atoms with Crippen molar-refractivity contribution in [3.8, 4) is 0 Å². The number of allylic oxidation sites excluding steroid dienone is 2. The Morgan fingerprint density at radius 1 is 0.741 bits per heavy atom. The maximum atomic E-state index is 13.5. The van der Waals surface area contributed by atoms with Crippen LogP contribution in [0.3, 0.4) is 0 Å². The SMILES string of the molecule is COC(=O)C1(C(C)C)C2CC(C(C(C)C)=C2C(C)C)C1(C(=O)OC)C(C)C. The van der Waals surface area contributed by atoms with E-state index in [1.54, 1.807) is 0 Å². The minimum Gasteiger partial charge on any atom is -0.469 e. The van der Waals surface area contributed by atoms with Crippen molar-refractivity contribution in [3.63, 3.8) is 0 Å². The van der Waals surface area contributed by atoms with Crippen LogP contribution in [0.2, 0.25) is 0 Å². The van der Waals surface area contributed by atoms with Crippen LogP contribution in [-0.4, -0.2) is 26.2 Å². The topological polar surface area (TPSA) is 52.6 Å². The van der Waals surface area contributed by atoms with Gasteiger partial charge in [-0.15, -0.1) is 0 Å². The van der Waals surface area contributed by atoms with E-state index < -0.39 is 10.8 Å². The predicted molar refractivity (Wildman–Crippen MR) is 107 cm³/mol. The largest absolute Gasteiger partial charge is 0.469 e. The van der Waals surface area contributed by atoms with E-state index in [2.05, 4.69) is 55.4 Å². The second-order valence-electron chi connectivity index (χ2n) is 9.59. The van der Waals surface area contributed by atoms with Crippen LogP contribution in [0, 0.1) is 46.3 Å². The summed E-state index contributed by atoms with van der Waals surface area (Å²) in [6, 6.07) is 0. The van der Waals surface area contributed by atoms with E-state index in [1.165, 1.54) is 25.4 Å². The van der Waals surface area contributed by atoms with E-state index in [0.29, 0.717) is 11.8 Å². The smallest absolute Gasteiger partial charge is 0.313 e. The summed E-state index contributed by atoms with van der Waals surface area (Å²) in [5, 5.41) is 0. The van der Waals surface area contributed by atoms with Gasteiger partial charge in [0.15, 0.2) is 0 Å². The molecule has 0 aromatic carbocycles. The number of carbonyl (C=O) groups is 2. The second kappa shape index (κ2) is 7.25. The van der Waals surface area contributed by atoms with Crippen molar-refractivity contribution >= 4 is 11.9 Å². The van der Waals surface area contributed by atoms with Crippen LogP contribution >= 0.6 is 0 Å². The molecule has 0 saturated heterocycles. The first-order valence-corrected chi connectivity index (χ1v) is 10.4. The lowest BCUT2D eigenvalue weighted by atomic mass is 9.46. The highest BCUT2D eigenvalue weighted by Crippen LogP contribution is 2.75. The van der Waals surface area contributed by atoms with Crippen LogP contribution in [0.5, 0.6) is 0 Å². The van der Waals surface area contributed by atoms with Crippen LogP contribution in [0.4, 0.5) is 0 Å². The number of rotatable bonds is 6. The highest BCUT2D eigenvalue weighted by atomic mass is 16.5. The zero-order chi connectivity index (χ0) is 20.9. The number of fused-ring (bicyclic) bond motifs is 2. The third kappa shape index (κ3) is 2.47. The van der Waals surface area contributed by atoms with Crippen molar-refractivity contribution in [2.24, 2.45) is 46.3 Å². The molecule has 2 bridgehead atoms. The summed E-state index contributed by atoms with van der Waals surface area (Å²) in [7, 11) is 2.89. The molecule has 4 unspecified atom stereocenters. The molecule has 0 heterocycles. The highest BCUT2D eigenvalue weighted by Gasteiger charge is 2.78. The van der Waals surface area contributed by atoms with Crippen molar-refractivity contribution in [2.75, 3.05) is 14.2 Å². The Kier molecular flexibility index (Phi) is 5.90. The normalized spacial score (nSPS) is 33.0. The van der Waals surface area contributed by atoms with Gasteiger partial charge in [0.2, 0.25) is 0 Å². The van der Waals surface area contributed by atoms with Gasteiger partial charge in [0, 0.05) is 0 Å². The third-order valence-corrected chi connectivity index (χ3v) is 7.45. The molecule has 1 fully saturated rings. The molecule has 4 atom stereocenters. The van der Waals surface area contributed by atoms with Gasteiger partial charge >= 0.3 is 11.9 Å². The molecule has 2 aliphatic rings. The summed E-state index contributed by atoms with van der Waals surface area (Å²) >= 11 is 0. The van der Waals surface area contributed by atoms with E-state index in [4.69, 9.17) is 9.47 Å². The molecule has 0 amide bonds. The standard InChI is InChI=1S/C23H38O4/c1-12(2)18-16-11-17(19(18)13(3)4)23(15(7)8,21(25)27-10)22(16,14(5)6)20(24)26-9/h12-17H,11H2,1-10H3. The average molecular weight is 379 g/mol. The molecule has 0 aromatic rings. The first-order chi connectivity index (χ1) is 12.5. The minimum absolute atomic E-state index is 0.0221. The lowest BCUT2D eigenvalue weighted by molar-refractivity contribution is -0.193. The van der Waals surface area contributed by atoms with Gasteiger partial charge in [-0.05, 0) is 41.9 Å². The molecule has 1 saturated carbocycles. The predicted octanol–water partition coefficient (Wildman–Crippen LogP) is 4.88. The van der Waals surface area contributed by atoms with Crippen molar-refractivity contribution in [3.05, 3.63) is 11.1 Å². The Morgan fingerprint density at radius 2 is 1.04 bits per heavy atom. The van der Waals surface area contributed by atoms with E-state index in [-0.39, 0.29) is 35.6 Å². The second-order valence-corrected chi connectivity index (χ2v) is 9.59. The number of carbonyl (C=O) groups excluding carboxylic acids is 2. The van der Waals surface area contributed by atoms with Gasteiger partial charge in [0.25, 0.3) is 0 Å². The molecular weight excluding hydrogens is 340 g/mol. The molecule has 4 nitrogen and oxygen atoms in total. The molecule has 0 N–H and O–H groups in total. The number of methoxy groups -OCH3 is 2. The molecule has 0 aromatic heterocycles. The molecule has 0 radical (unpaired) electrons. The van der Waals surface area contributed by atoms with Crippen molar-refractivity contribution in [1.29, 1.82) is 0 Å². The summed E-state index contributed by atoms with van der Waals surface area (Å²) in [6.07, 6.45) is 0.835. The van der Waals surface area contributed by atoms with Crippen molar-refractivity contribution < 1.29 is 19.1 Å². The molecule has 4 heteroatoms. The van der Waals surface area contributed by atoms with Gasteiger partial charge in [-0.1, -0.05) is 66.5 Å². The number of ether oxygens (including phenoxy) is 2. The Bertz CT molecular complexity index is 589. The zero-order valence-electron chi connectivity index (χ0n) is 18.8. The monoisotopic (exact) mass is 378 g/mol. The Hall–Kier alpha value is -1.32. The van der Waals surface area contributed by atoms with Gasteiger partial charge in [0.05, 0.1) is 25.0 Å². The number of hydrogen-bond donors (Lipinski definition) is 0. The number of hydrogen-bond acceptors (Lipinski definition) is 4. The Balaban J connectivity index is 3.00. The van der Waals surface area contributed by atoms with Crippen molar-refractivity contribution in [2.45, 2.75) is 61.8 Å². The Labute approximate surface area is 165 Å². The van der Waals surface area contributed by atoms with Crippen LogP contribution < -0.4 is 0 Å². The number of esters is 2. The summed E-state index contributed by atoms with van der Waals surface area (Å²) in [4.78, 5) is 27.0. The molecule has 154 valence electrons. The molecule has 2 aliphatic carbocycles. The van der Waals surface area contributed by atoms with Gasteiger partial charge in [-0.25, -0.2) is 0 Å². The molecule has 2 rings (SSSR count). The van der Waals surface area contributed by atoms with Gasteiger partial charge < -0.3 is 9.47 Å². The van der Waals surface area contributed by atoms with Gasteiger partial charge in [-0.3, -0.25) is 9.59 Å². The molecule has 0 aliphatic heterocycles. The van der Waals surface area contributed by atoms with Crippen LogP contribution in [-0.2, 0) is 19.1 Å². The maximum Gasteiger partial charge on any atom is 0.313 e. The van der Waals surface area contributed by atoms with Gasteiger partial charge in [0.1, 0.15) is 0 Å². The fraction of sp³-hybridized carbons (Fsp3) is 0.826. The Morgan fingerprint density at radius 3 is 1.22 bits per heavy atom. The van der Waals surface area contributed by atoms with E-state index in [1.807, 2.05) is 0 Å².